The fourth-order valence-corrected chi connectivity index (χ4v) is 5.73. The first-order valence-corrected chi connectivity index (χ1v) is 17.1. The Balaban J connectivity index is 1.75. The number of pyridine rings is 1. The van der Waals surface area contributed by atoms with E-state index in [0.717, 1.165) is 16.4 Å². The molecule has 1 aliphatic rings. The van der Waals surface area contributed by atoms with Gasteiger partial charge < -0.3 is 10.1 Å². The quantitative estimate of drug-likeness (QED) is 0.251. The molecule has 7 nitrogen and oxygen atoms in total. The van der Waals surface area contributed by atoms with Gasteiger partial charge in [0, 0.05) is 26.4 Å². The monoisotopic (exact) mass is 554 g/mol. The number of anilines is 1. The minimum absolute atomic E-state index is 0.0351. The summed E-state index contributed by atoms with van der Waals surface area (Å²) in [5.41, 5.74) is 0.519. The number of guanidine groups is 1. The van der Waals surface area contributed by atoms with E-state index in [-0.39, 0.29) is 41.1 Å². The molecule has 0 aliphatic carbocycles. The number of nitrogens with zero attached hydrogens (tertiary/aromatic N) is 3. The summed E-state index contributed by atoms with van der Waals surface area (Å²) in [5, 5.41) is 2.93. The van der Waals surface area contributed by atoms with Crippen molar-refractivity contribution in [3.63, 3.8) is 0 Å². The van der Waals surface area contributed by atoms with Crippen molar-refractivity contribution in [2.24, 2.45) is 4.99 Å². The second-order valence-electron chi connectivity index (χ2n) is 9.81. The van der Waals surface area contributed by atoms with E-state index in [1.165, 1.54) is 24.4 Å². The standard InChI is InChI=1S/C27H28F2N4O3SSi/c1-38(2,3)17-16-36-19-33-27(31-18-24-23(29)10-7-15-30-24)32-26-21(12-11-20-8-5-4-6-9-20)22(28)13-14-25(26)37(33,34)35/h4-10,13-15H,16-19H2,1-3H3,(H,31,32). The molecule has 2 heterocycles. The number of benzene rings is 2. The summed E-state index contributed by atoms with van der Waals surface area (Å²) in [6.07, 6.45) is 1.42. The molecule has 0 saturated carbocycles. The maximum atomic E-state index is 14.9. The summed E-state index contributed by atoms with van der Waals surface area (Å²) < 4.78 is 63.2. The fourth-order valence-electron chi connectivity index (χ4n) is 3.54. The summed E-state index contributed by atoms with van der Waals surface area (Å²) in [7, 11) is -5.62. The number of rotatable bonds is 7. The Morgan fingerprint density at radius 2 is 1.79 bits per heavy atom. The molecular weight excluding hydrogens is 526 g/mol. The lowest BCUT2D eigenvalue weighted by Gasteiger charge is -2.32. The van der Waals surface area contributed by atoms with E-state index in [4.69, 9.17) is 4.74 Å². The zero-order valence-electron chi connectivity index (χ0n) is 21.3. The predicted molar refractivity (Wildman–Crippen MR) is 146 cm³/mol. The smallest absolute Gasteiger partial charge is 0.270 e. The van der Waals surface area contributed by atoms with Gasteiger partial charge in [0.05, 0.1) is 23.5 Å². The molecule has 198 valence electrons. The largest absolute Gasteiger partial charge is 0.360 e. The Kier molecular flexibility index (Phi) is 8.25. The lowest BCUT2D eigenvalue weighted by molar-refractivity contribution is 0.106. The Morgan fingerprint density at radius 3 is 2.50 bits per heavy atom. The van der Waals surface area contributed by atoms with Gasteiger partial charge in [0.15, 0.2) is 0 Å². The highest BCUT2D eigenvalue weighted by Crippen LogP contribution is 2.34. The molecule has 0 atom stereocenters. The first kappa shape index (κ1) is 27.4. The molecule has 0 bridgehead atoms. The number of hydrogen-bond acceptors (Lipinski definition) is 5. The van der Waals surface area contributed by atoms with Gasteiger partial charge >= 0.3 is 0 Å². The summed E-state index contributed by atoms with van der Waals surface area (Å²) in [5.74, 6) is 4.23. The third kappa shape index (κ3) is 6.45. The Labute approximate surface area is 222 Å². The van der Waals surface area contributed by atoms with Crippen LogP contribution in [-0.2, 0) is 21.3 Å². The number of ether oxygens (including phenoxy) is 1. The average molecular weight is 555 g/mol. The van der Waals surface area contributed by atoms with Gasteiger partial charge in [-0.3, -0.25) is 4.98 Å². The molecule has 0 unspecified atom stereocenters. The number of nitrogens with one attached hydrogen (secondary N) is 1. The lowest BCUT2D eigenvalue weighted by Crippen LogP contribution is -2.46. The van der Waals surface area contributed by atoms with Crippen molar-refractivity contribution in [3.8, 4) is 11.8 Å². The van der Waals surface area contributed by atoms with Crippen LogP contribution in [0.1, 0.15) is 16.8 Å². The van der Waals surface area contributed by atoms with Crippen LogP contribution in [0, 0.1) is 23.5 Å². The van der Waals surface area contributed by atoms with Crippen molar-refractivity contribution in [1.29, 1.82) is 0 Å². The van der Waals surface area contributed by atoms with Gasteiger partial charge in [-0.05, 0) is 42.4 Å². The van der Waals surface area contributed by atoms with Crippen LogP contribution in [-0.4, -0.2) is 45.1 Å². The second kappa shape index (κ2) is 11.4. The van der Waals surface area contributed by atoms with Gasteiger partial charge in [0.1, 0.15) is 23.3 Å². The highest BCUT2D eigenvalue weighted by molar-refractivity contribution is 7.90. The third-order valence-corrected chi connectivity index (χ3v) is 9.14. The van der Waals surface area contributed by atoms with E-state index < -0.39 is 29.7 Å². The van der Waals surface area contributed by atoms with E-state index in [1.54, 1.807) is 24.3 Å². The van der Waals surface area contributed by atoms with Crippen LogP contribution in [0.2, 0.25) is 25.7 Å². The van der Waals surface area contributed by atoms with Crippen molar-refractivity contribution >= 4 is 29.7 Å². The first-order valence-electron chi connectivity index (χ1n) is 12.0. The first-order chi connectivity index (χ1) is 18.1. The molecular formula is C27H28F2N4O3SSi. The summed E-state index contributed by atoms with van der Waals surface area (Å²) >= 11 is 0. The molecule has 0 amide bonds. The number of aromatic nitrogens is 1. The third-order valence-electron chi connectivity index (χ3n) is 5.68. The molecule has 0 spiro atoms. The second-order valence-corrected chi connectivity index (χ2v) is 17.3. The van der Waals surface area contributed by atoms with E-state index in [2.05, 4.69) is 46.8 Å². The van der Waals surface area contributed by atoms with Crippen LogP contribution in [0.5, 0.6) is 0 Å². The predicted octanol–water partition coefficient (Wildman–Crippen LogP) is 5.04. The molecule has 2 aromatic carbocycles. The summed E-state index contributed by atoms with van der Waals surface area (Å²) in [6.45, 7) is 6.37. The van der Waals surface area contributed by atoms with Crippen molar-refractivity contribution in [3.05, 3.63) is 89.2 Å². The molecule has 1 aromatic heterocycles. The van der Waals surface area contributed by atoms with Gasteiger partial charge in [-0.1, -0.05) is 49.7 Å². The minimum atomic E-state index is -4.21. The van der Waals surface area contributed by atoms with Crippen LogP contribution in [0.25, 0.3) is 0 Å². The molecule has 11 heteroatoms. The minimum Gasteiger partial charge on any atom is -0.360 e. The molecule has 4 rings (SSSR count). The van der Waals surface area contributed by atoms with Crippen LogP contribution < -0.4 is 5.32 Å². The topological polar surface area (TPSA) is 83.9 Å². The van der Waals surface area contributed by atoms with Crippen molar-refractivity contribution < 1.29 is 21.9 Å². The number of sulfonamides is 1. The SMILES string of the molecule is C[Si](C)(C)CCOCN1C(=NCc2ncccc2F)Nc2c(ccc(F)c2C#Cc2ccccc2)S1(=O)=O. The maximum Gasteiger partial charge on any atom is 0.270 e. The Morgan fingerprint density at radius 1 is 1.03 bits per heavy atom. The molecule has 0 saturated heterocycles. The number of fused-ring (bicyclic) bond motifs is 1. The normalized spacial score (nSPS) is 15.4. The zero-order valence-corrected chi connectivity index (χ0v) is 23.1. The fraction of sp³-hybridized carbons (Fsp3) is 0.259. The van der Waals surface area contributed by atoms with Gasteiger partial charge in [0.2, 0.25) is 5.96 Å². The van der Waals surface area contributed by atoms with Crippen LogP contribution in [0.4, 0.5) is 14.5 Å². The molecule has 38 heavy (non-hydrogen) atoms. The van der Waals surface area contributed by atoms with Crippen molar-refractivity contribution in [2.75, 3.05) is 18.7 Å². The molecule has 3 aromatic rings. The molecule has 0 radical (unpaired) electrons. The van der Waals surface area contributed by atoms with Gasteiger partial charge in [-0.2, -0.15) is 0 Å². The number of aliphatic imine (C=N–C) groups is 1. The van der Waals surface area contributed by atoms with E-state index in [0.29, 0.717) is 12.2 Å². The molecule has 1 N–H and O–H groups in total. The highest BCUT2D eigenvalue weighted by Gasteiger charge is 2.37. The number of halogens is 2. The summed E-state index contributed by atoms with van der Waals surface area (Å²) in [6, 6.07) is 14.7. The average Bonchev–Trinajstić information content (AvgIpc) is 2.86. The molecule has 1 aliphatic heterocycles. The lowest BCUT2D eigenvalue weighted by atomic mass is 10.1. The van der Waals surface area contributed by atoms with Gasteiger partial charge in [-0.25, -0.2) is 26.5 Å². The van der Waals surface area contributed by atoms with E-state index in [1.807, 2.05) is 6.07 Å². The Bertz CT molecular complexity index is 1510. The highest BCUT2D eigenvalue weighted by atomic mass is 32.2. The van der Waals surface area contributed by atoms with Crippen molar-refractivity contribution in [2.45, 2.75) is 37.1 Å². The van der Waals surface area contributed by atoms with Crippen molar-refractivity contribution in [1.82, 2.24) is 9.29 Å². The Hall–Kier alpha value is -3.59. The van der Waals surface area contributed by atoms with Gasteiger partial charge in [0.25, 0.3) is 10.0 Å². The zero-order chi connectivity index (χ0) is 27.3. The van der Waals surface area contributed by atoms with E-state index in [9.17, 15) is 17.2 Å². The summed E-state index contributed by atoms with van der Waals surface area (Å²) in [4.78, 5) is 8.13. The molecule has 0 fully saturated rings. The number of hydrogen-bond donors (Lipinski definition) is 1. The van der Waals surface area contributed by atoms with Gasteiger partial charge in [-0.15, -0.1) is 0 Å². The van der Waals surface area contributed by atoms with Crippen LogP contribution in [0.15, 0.2) is 70.7 Å². The maximum absolute atomic E-state index is 14.9. The van der Waals surface area contributed by atoms with Crippen LogP contribution >= 0.6 is 0 Å². The van der Waals surface area contributed by atoms with Crippen LogP contribution in [0.3, 0.4) is 0 Å². The van der Waals surface area contributed by atoms with E-state index >= 15 is 0 Å².